The zero-order valence-electron chi connectivity index (χ0n) is 8.68. The Morgan fingerprint density at radius 1 is 1.38 bits per heavy atom. The third kappa shape index (κ3) is 3.96. The maximum Gasteiger partial charge on any atom is 0.303 e. The van der Waals surface area contributed by atoms with Gasteiger partial charge in [-0.3, -0.25) is 9.59 Å². The average Bonchev–Trinajstić information content (AvgIpc) is 2.71. The molecule has 3 N–H and O–H groups in total. The molecule has 5 heteroatoms. The van der Waals surface area contributed by atoms with Crippen LogP contribution in [0.4, 0.5) is 0 Å². The maximum atomic E-state index is 11.5. The Labute approximate surface area is 97.4 Å². The number of hydrogen-bond acceptors (Lipinski definition) is 4. The largest absolute Gasteiger partial charge is 0.481 e. The van der Waals surface area contributed by atoms with E-state index in [9.17, 15) is 9.59 Å². The summed E-state index contributed by atoms with van der Waals surface area (Å²) in [4.78, 5) is 23.4. The van der Waals surface area contributed by atoms with E-state index in [4.69, 9.17) is 10.8 Å². The van der Waals surface area contributed by atoms with Crippen molar-refractivity contribution in [3.8, 4) is 0 Å². The Kier molecular flexibility index (Phi) is 4.88. The number of ketones is 1. The van der Waals surface area contributed by atoms with Crippen LogP contribution in [0.3, 0.4) is 0 Å². The SMILES string of the molecule is NCC=Cc1ccc(C(=O)CCC(=O)O)s1. The highest BCUT2D eigenvalue weighted by molar-refractivity contribution is 7.14. The minimum absolute atomic E-state index is 0.0515. The number of hydrogen-bond donors (Lipinski definition) is 2. The molecule has 1 rings (SSSR count). The molecule has 0 spiro atoms. The molecule has 0 aliphatic carbocycles. The number of carbonyl (C=O) groups excluding carboxylic acids is 1. The van der Waals surface area contributed by atoms with Crippen molar-refractivity contribution in [1.82, 2.24) is 0 Å². The number of carboxylic acids is 1. The molecule has 86 valence electrons. The van der Waals surface area contributed by atoms with Gasteiger partial charge in [0.1, 0.15) is 0 Å². The van der Waals surface area contributed by atoms with E-state index < -0.39 is 5.97 Å². The highest BCUT2D eigenvalue weighted by atomic mass is 32.1. The molecule has 1 aromatic heterocycles. The van der Waals surface area contributed by atoms with Crippen LogP contribution < -0.4 is 5.73 Å². The monoisotopic (exact) mass is 239 g/mol. The smallest absolute Gasteiger partial charge is 0.303 e. The fraction of sp³-hybridized carbons (Fsp3) is 0.273. The van der Waals surface area contributed by atoms with Crippen molar-refractivity contribution in [2.24, 2.45) is 5.73 Å². The molecule has 0 saturated heterocycles. The van der Waals surface area contributed by atoms with Crippen LogP contribution in [-0.2, 0) is 4.79 Å². The number of Topliss-reactive ketones (excluding diaryl/α,β-unsaturated/α-hetero) is 1. The number of carbonyl (C=O) groups is 2. The molecule has 0 aliphatic rings. The lowest BCUT2D eigenvalue weighted by Crippen LogP contribution is -2.01. The molecule has 1 heterocycles. The van der Waals surface area contributed by atoms with Crippen molar-refractivity contribution in [2.45, 2.75) is 12.8 Å². The number of rotatable bonds is 6. The minimum atomic E-state index is -0.951. The first-order valence-corrected chi connectivity index (χ1v) is 5.66. The lowest BCUT2D eigenvalue weighted by Gasteiger charge is -1.93. The summed E-state index contributed by atoms with van der Waals surface area (Å²) in [6.07, 6.45) is 3.58. The molecule has 0 bridgehead atoms. The second-order valence-electron chi connectivity index (χ2n) is 3.16. The van der Waals surface area contributed by atoms with Crippen molar-refractivity contribution in [1.29, 1.82) is 0 Å². The summed E-state index contributed by atoms with van der Waals surface area (Å²) in [6, 6.07) is 3.54. The van der Waals surface area contributed by atoms with E-state index in [-0.39, 0.29) is 18.6 Å². The summed E-state index contributed by atoms with van der Waals surface area (Å²) >= 11 is 1.35. The van der Waals surface area contributed by atoms with Gasteiger partial charge in [-0.25, -0.2) is 0 Å². The predicted octanol–water partition coefficient (Wildman–Crippen LogP) is 1.77. The molecule has 16 heavy (non-hydrogen) atoms. The van der Waals surface area contributed by atoms with E-state index in [0.717, 1.165) is 4.88 Å². The molecule has 0 aromatic carbocycles. The van der Waals surface area contributed by atoms with Crippen molar-refractivity contribution < 1.29 is 14.7 Å². The first-order valence-electron chi connectivity index (χ1n) is 4.85. The topological polar surface area (TPSA) is 80.4 Å². The Morgan fingerprint density at radius 2 is 2.12 bits per heavy atom. The molecule has 0 fully saturated rings. The molecular formula is C11H13NO3S. The van der Waals surface area contributed by atoms with E-state index in [2.05, 4.69) is 0 Å². The van der Waals surface area contributed by atoms with E-state index in [1.807, 2.05) is 12.1 Å². The summed E-state index contributed by atoms with van der Waals surface area (Å²) in [5.41, 5.74) is 5.31. The predicted molar refractivity (Wildman–Crippen MR) is 63.6 cm³/mol. The lowest BCUT2D eigenvalue weighted by atomic mass is 10.2. The normalized spacial score (nSPS) is 10.8. The summed E-state index contributed by atoms with van der Waals surface area (Å²) < 4.78 is 0. The summed E-state index contributed by atoms with van der Waals surface area (Å²) in [5.74, 6) is -1.08. The molecule has 0 amide bonds. The molecular weight excluding hydrogens is 226 g/mol. The Balaban J connectivity index is 2.59. The van der Waals surface area contributed by atoms with Crippen LogP contribution in [0.5, 0.6) is 0 Å². The van der Waals surface area contributed by atoms with Crippen molar-refractivity contribution in [3.05, 3.63) is 28.0 Å². The van der Waals surface area contributed by atoms with E-state index in [1.165, 1.54) is 11.3 Å². The first kappa shape index (κ1) is 12.6. The highest BCUT2D eigenvalue weighted by Crippen LogP contribution is 2.19. The highest BCUT2D eigenvalue weighted by Gasteiger charge is 2.10. The zero-order valence-corrected chi connectivity index (χ0v) is 9.50. The second kappa shape index (κ2) is 6.19. The van der Waals surface area contributed by atoms with E-state index >= 15 is 0 Å². The van der Waals surface area contributed by atoms with Crippen molar-refractivity contribution in [3.63, 3.8) is 0 Å². The first-order chi connectivity index (χ1) is 7.63. The number of carboxylic acid groups (broad SMARTS) is 1. The van der Waals surface area contributed by atoms with Gasteiger partial charge in [0.25, 0.3) is 0 Å². The molecule has 4 nitrogen and oxygen atoms in total. The standard InChI is InChI=1S/C11H13NO3S/c12-7-1-2-8-3-5-10(16-8)9(13)4-6-11(14)15/h1-3,5H,4,6-7,12H2,(H,14,15). The lowest BCUT2D eigenvalue weighted by molar-refractivity contribution is -0.136. The Bertz CT molecular complexity index is 409. The third-order valence-electron chi connectivity index (χ3n) is 1.89. The minimum Gasteiger partial charge on any atom is -0.481 e. The Hall–Kier alpha value is -1.46. The van der Waals surface area contributed by atoms with Crippen LogP contribution in [0.15, 0.2) is 18.2 Å². The molecule has 0 unspecified atom stereocenters. The number of nitrogens with two attached hydrogens (primary N) is 1. The van der Waals surface area contributed by atoms with E-state index in [1.54, 1.807) is 12.1 Å². The summed E-state index contributed by atoms with van der Waals surface area (Å²) in [5, 5.41) is 8.46. The van der Waals surface area contributed by atoms with Crippen molar-refractivity contribution in [2.75, 3.05) is 6.54 Å². The molecule has 0 aliphatic heterocycles. The van der Waals surface area contributed by atoms with Crippen LogP contribution in [-0.4, -0.2) is 23.4 Å². The Morgan fingerprint density at radius 3 is 2.75 bits per heavy atom. The number of aliphatic carboxylic acids is 1. The van der Waals surface area contributed by atoms with Crippen LogP contribution in [0.25, 0.3) is 6.08 Å². The third-order valence-corrected chi connectivity index (χ3v) is 2.98. The van der Waals surface area contributed by atoms with Gasteiger partial charge in [-0.1, -0.05) is 6.08 Å². The fourth-order valence-corrected chi connectivity index (χ4v) is 2.03. The zero-order chi connectivity index (χ0) is 12.0. The van der Waals surface area contributed by atoms with Gasteiger partial charge < -0.3 is 10.8 Å². The van der Waals surface area contributed by atoms with Gasteiger partial charge in [-0.05, 0) is 18.2 Å². The van der Waals surface area contributed by atoms with Gasteiger partial charge in [0, 0.05) is 17.8 Å². The number of thiophene rings is 1. The van der Waals surface area contributed by atoms with Crippen LogP contribution in [0.1, 0.15) is 27.4 Å². The van der Waals surface area contributed by atoms with E-state index in [0.29, 0.717) is 11.4 Å². The van der Waals surface area contributed by atoms with Gasteiger partial charge in [-0.2, -0.15) is 0 Å². The summed E-state index contributed by atoms with van der Waals surface area (Å²) in [6.45, 7) is 0.459. The molecule has 0 saturated carbocycles. The van der Waals surface area contributed by atoms with Crippen LogP contribution in [0, 0.1) is 0 Å². The van der Waals surface area contributed by atoms with Gasteiger partial charge in [0.15, 0.2) is 5.78 Å². The summed E-state index contributed by atoms with van der Waals surface area (Å²) in [7, 11) is 0. The van der Waals surface area contributed by atoms with Gasteiger partial charge >= 0.3 is 5.97 Å². The molecule has 0 radical (unpaired) electrons. The maximum absolute atomic E-state index is 11.5. The quantitative estimate of drug-likeness (QED) is 0.741. The van der Waals surface area contributed by atoms with Gasteiger partial charge in [0.05, 0.1) is 11.3 Å². The second-order valence-corrected chi connectivity index (χ2v) is 4.27. The van der Waals surface area contributed by atoms with Crippen LogP contribution in [0.2, 0.25) is 0 Å². The van der Waals surface area contributed by atoms with Gasteiger partial charge in [0.2, 0.25) is 0 Å². The fourth-order valence-electron chi connectivity index (χ4n) is 1.12. The van der Waals surface area contributed by atoms with Crippen molar-refractivity contribution >= 4 is 29.2 Å². The average molecular weight is 239 g/mol. The van der Waals surface area contributed by atoms with Crippen LogP contribution >= 0.6 is 11.3 Å². The molecule has 0 atom stereocenters. The van der Waals surface area contributed by atoms with Gasteiger partial charge in [-0.15, -0.1) is 11.3 Å². The molecule has 1 aromatic rings.